The van der Waals surface area contributed by atoms with Crippen molar-refractivity contribution in [3.8, 4) is 11.3 Å². The number of rotatable bonds is 7. The molecule has 9 heteroatoms. The SMILES string of the molecule is CC(O)(C(=O)O)c1ccc(-c2cnc(N3CCOCC3)c3nc(CCc4ccc5ccccc5n4)cn23)cc1. The lowest BCUT2D eigenvalue weighted by Gasteiger charge is -2.28. The van der Waals surface area contributed by atoms with E-state index in [-0.39, 0.29) is 0 Å². The van der Waals surface area contributed by atoms with Gasteiger partial charge in [0.15, 0.2) is 17.1 Å². The number of fused-ring (bicyclic) bond motifs is 2. The van der Waals surface area contributed by atoms with Crippen molar-refractivity contribution in [2.75, 3.05) is 31.2 Å². The monoisotopic (exact) mass is 523 g/mol. The predicted molar refractivity (Wildman–Crippen MR) is 148 cm³/mol. The molecule has 39 heavy (non-hydrogen) atoms. The van der Waals surface area contributed by atoms with E-state index in [0.717, 1.165) is 70.9 Å². The van der Waals surface area contributed by atoms with Gasteiger partial charge >= 0.3 is 5.97 Å². The third-order valence-corrected chi connectivity index (χ3v) is 7.29. The van der Waals surface area contributed by atoms with Crippen molar-refractivity contribution in [1.29, 1.82) is 0 Å². The topological polar surface area (TPSA) is 113 Å². The average molecular weight is 524 g/mol. The molecule has 9 nitrogen and oxygen atoms in total. The van der Waals surface area contributed by atoms with Crippen molar-refractivity contribution in [1.82, 2.24) is 19.4 Å². The van der Waals surface area contributed by atoms with E-state index >= 15 is 0 Å². The van der Waals surface area contributed by atoms with Gasteiger partial charge in [-0.25, -0.2) is 14.8 Å². The molecule has 1 unspecified atom stereocenters. The molecule has 0 spiro atoms. The highest BCUT2D eigenvalue weighted by atomic mass is 16.5. The number of carboxylic acid groups (broad SMARTS) is 1. The number of para-hydroxylation sites is 1. The molecule has 2 N–H and O–H groups in total. The number of ether oxygens (including phenoxy) is 1. The zero-order chi connectivity index (χ0) is 27.0. The summed E-state index contributed by atoms with van der Waals surface area (Å²) in [5, 5.41) is 20.8. The predicted octanol–water partition coefficient (Wildman–Crippen LogP) is 3.86. The van der Waals surface area contributed by atoms with Gasteiger partial charge < -0.3 is 19.8 Å². The number of carboxylic acids is 1. The maximum absolute atomic E-state index is 11.5. The molecule has 6 rings (SSSR count). The minimum Gasteiger partial charge on any atom is -0.479 e. The molecule has 0 bridgehead atoms. The molecular formula is C30H29N5O4. The first kappa shape index (κ1) is 25.0. The Morgan fingerprint density at radius 2 is 1.72 bits per heavy atom. The Bertz CT molecular complexity index is 1660. The number of pyridine rings is 1. The normalized spacial score (nSPS) is 15.5. The average Bonchev–Trinajstić information content (AvgIpc) is 3.40. The van der Waals surface area contributed by atoms with E-state index in [1.165, 1.54) is 6.92 Å². The maximum Gasteiger partial charge on any atom is 0.340 e. The van der Waals surface area contributed by atoms with E-state index in [9.17, 15) is 15.0 Å². The van der Waals surface area contributed by atoms with Crippen molar-refractivity contribution < 1.29 is 19.7 Å². The third kappa shape index (κ3) is 4.82. The van der Waals surface area contributed by atoms with Crippen molar-refractivity contribution in [2.45, 2.75) is 25.4 Å². The van der Waals surface area contributed by atoms with E-state index in [1.807, 2.05) is 35.0 Å². The Hall–Kier alpha value is -4.34. The van der Waals surface area contributed by atoms with Gasteiger partial charge in [-0.05, 0) is 37.5 Å². The van der Waals surface area contributed by atoms with E-state index in [4.69, 9.17) is 19.7 Å². The van der Waals surface area contributed by atoms with Gasteiger partial charge in [-0.1, -0.05) is 48.5 Å². The molecule has 0 radical (unpaired) electrons. The van der Waals surface area contributed by atoms with Gasteiger partial charge in [-0.15, -0.1) is 0 Å². The van der Waals surface area contributed by atoms with Crippen LogP contribution in [0.1, 0.15) is 23.9 Å². The highest BCUT2D eigenvalue weighted by Crippen LogP contribution is 2.29. The first-order valence-electron chi connectivity index (χ1n) is 13.0. The molecule has 1 saturated heterocycles. The van der Waals surface area contributed by atoms with Crippen molar-refractivity contribution in [3.05, 3.63) is 90.0 Å². The number of aryl methyl sites for hydroxylation is 2. The highest BCUT2D eigenvalue weighted by molar-refractivity contribution is 5.79. The molecule has 1 aliphatic heterocycles. The third-order valence-electron chi connectivity index (χ3n) is 7.29. The number of aromatic nitrogens is 4. The summed E-state index contributed by atoms with van der Waals surface area (Å²) in [7, 11) is 0. The van der Waals surface area contributed by atoms with E-state index < -0.39 is 11.6 Å². The molecule has 0 aliphatic carbocycles. The molecule has 1 aliphatic rings. The molecule has 1 atom stereocenters. The molecular weight excluding hydrogens is 494 g/mol. The zero-order valence-electron chi connectivity index (χ0n) is 21.6. The first-order chi connectivity index (χ1) is 18.9. The number of carbonyl (C=O) groups is 1. The summed E-state index contributed by atoms with van der Waals surface area (Å²) in [6, 6.07) is 19.1. The van der Waals surface area contributed by atoms with Gasteiger partial charge in [-0.3, -0.25) is 9.38 Å². The molecule has 5 aromatic rings. The number of hydrogen-bond donors (Lipinski definition) is 2. The molecule has 3 aromatic heterocycles. The van der Waals surface area contributed by atoms with Crippen molar-refractivity contribution >= 4 is 28.3 Å². The molecule has 2 aromatic carbocycles. The summed E-state index contributed by atoms with van der Waals surface area (Å²) >= 11 is 0. The molecule has 0 amide bonds. The number of nitrogens with zero attached hydrogens (tertiary/aromatic N) is 5. The number of aliphatic hydroxyl groups is 1. The number of imidazole rings is 1. The minimum absolute atomic E-state index is 0.307. The molecule has 0 saturated carbocycles. The Morgan fingerprint density at radius 1 is 0.974 bits per heavy atom. The smallest absolute Gasteiger partial charge is 0.340 e. The Morgan fingerprint density at radius 3 is 2.49 bits per heavy atom. The number of hydrogen-bond acceptors (Lipinski definition) is 7. The summed E-state index contributed by atoms with van der Waals surface area (Å²) < 4.78 is 7.59. The zero-order valence-corrected chi connectivity index (χ0v) is 21.6. The molecule has 4 heterocycles. The van der Waals surface area contributed by atoms with E-state index in [0.29, 0.717) is 18.8 Å². The Labute approximate surface area is 225 Å². The highest BCUT2D eigenvalue weighted by Gasteiger charge is 2.32. The summed E-state index contributed by atoms with van der Waals surface area (Å²) in [5.41, 5.74) is 3.69. The van der Waals surface area contributed by atoms with Gasteiger partial charge in [0, 0.05) is 35.9 Å². The number of morpholine rings is 1. The van der Waals surface area contributed by atoms with Crippen LogP contribution in [0, 0.1) is 0 Å². The minimum atomic E-state index is -1.97. The standard InChI is InChI=1S/C30H29N5O4/c1-30(38,29(36)37)22-9-6-21(7-10-22)26-18-31-27(34-14-16-39-17-15-34)28-33-24(19-35(26)28)13-12-23-11-8-20-4-2-3-5-25(20)32-23/h2-11,18-19,38H,12-17H2,1H3,(H,36,37). The van der Waals surface area contributed by atoms with Crippen LogP contribution in [0.5, 0.6) is 0 Å². The van der Waals surface area contributed by atoms with Crippen molar-refractivity contribution in [2.24, 2.45) is 0 Å². The van der Waals surface area contributed by atoms with Gasteiger partial charge in [0.25, 0.3) is 0 Å². The fourth-order valence-electron chi connectivity index (χ4n) is 4.94. The van der Waals surface area contributed by atoms with Gasteiger partial charge in [0.1, 0.15) is 0 Å². The number of anilines is 1. The molecule has 1 fully saturated rings. The summed E-state index contributed by atoms with van der Waals surface area (Å²) in [4.78, 5) is 28.3. The fourth-order valence-corrected chi connectivity index (χ4v) is 4.94. The summed E-state index contributed by atoms with van der Waals surface area (Å²) in [6.45, 7) is 4.03. The number of aliphatic carboxylic acids is 1. The van der Waals surface area contributed by atoms with Gasteiger partial charge in [-0.2, -0.15) is 0 Å². The van der Waals surface area contributed by atoms with Gasteiger partial charge in [0.05, 0.1) is 36.3 Å². The fraction of sp³-hybridized carbons (Fsp3) is 0.267. The first-order valence-corrected chi connectivity index (χ1v) is 13.0. The Balaban J connectivity index is 1.35. The second-order valence-corrected chi connectivity index (χ2v) is 9.94. The van der Waals surface area contributed by atoms with E-state index in [1.54, 1.807) is 24.3 Å². The lowest BCUT2D eigenvalue weighted by atomic mass is 9.95. The van der Waals surface area contributed by atoms with Crippen LogP contribution in [0.4, 0.5) is 5.82 Å². The largest absolute Gasteiger partial charge is 0.479 e. The second kappa shape index (κ2) is 10.1. The van der Waals surface area contributed by atoms with Crippen LogP contribution in [0.2, 0.25) is 0 Å². The van der Waals surface area contributed by atoms with Crippen LogP contribution in [-0.2, 0) is 28.0 Å². The van der Waals surface area contributed by atoms with Crippen molar-refractivity contribution in [3.63, 3.8) is 0 Å². The van der Waals surface area contributed by atoms with Gasteiger partial charge in [0.2, 0.25) is 0 Å². The second-order valence-electron chi connectivity index (χ2n) is 9.94. The lowest BCUT2D eigenvalue weighted by Crippen LogP contribution is -2.37. The maximum atomic E-state index is 11.5. The molecule has 198 valence electrons. The number of benzene rings is 2. The van der Waals surface area contributed by atoms with Crippen LogP contribution >= 0.6 is 0 Å². The van der Waals surface area contributed by atoms with Crippen LogP contribution < -0.4 is 4.90 Å². The summed E-state index contributed by atoms with van der Waals surface area (Å²) in [6.07, 6.45) is 5.33. The lowest BCUT2D eigenvalue weighted by molar-refractivity contribution is -0.157. The van der Waals surface area contributed by atoms with Crippen LogP contribution in [0.25, 0.3) is 27.8 Å². The van der Waals surface area contributed by atoms with Crippen LogP contribution in [0.15, 0.2) is 73.1 Å². The summed E-state index contributed by atoms with van der Waals surface area (Å²) in [5.74, 6) is -0.489. The van der Waals surface area contributed by atoms with Crippen LogP contribution in [-0.4, -0.2) is 61.8 Å². The Kier molecular flexibility index (Phi) is 6.46. The quantitative estimate of drug-likeness (QED) is 0.331. The van der Waals surface area contributed by atoms with E-state index in [2.05, 4.69) is 23.1 Å². The van der Waals surface area contributed by atoms with Crippen LogP contribution in [0.3, 0.4) is 0 Å².